The third-order valence-corrected chi connectivity index (χ3v) is 5.17. The summed E-state index contributed by atoms with van der Waals surface area (Å²) in [5.74, 6) is 0.187. The molecule has 0 spiro atoms. The van der Waals surface area contributed by atoms with Crippen LogP contribution in [0.15, 0.2) is 40.4 Å². The summed E-state index contributed by atoms with van der Waals surface area (Å²) < 4.78 is 40.3. The predicted octanol–water partition coefficient (Wildman–Crippen LogP) is 5.37. The molecule has 0 saturated carbocycles. The number of rotatable bonds is 3. The number of halogens is 4. The van der Waals surface area contributed by atoms with Gasteiger partial charge in [0, 0.05) is 22.3 Å². The van der Waals surface area contributed by atoms with Gasteiger partial charge in [-0.3, -0.25) is 4.90 Å². The van der Waals surface area contributed by atoms with Gasteiger partial charge in [0.2, 0.25) is 0 Å². The largest absolute Gasteiger partial charge is 0.412 e. The standard InChI is InChI=1S/C18H20BrF3N2O/c1-11(2)10-23-16-8-12(18(20,21)22)6-7-15(16)24(17(23)25)14-5-3-4-13(19)9-14/h3-6,9,11,15-16H,7-8,10H2,1-2H3. The second-order valence-electron chi connectivity index (χ2n) is 6.98. The molecule has 7 heteroatoms. The average molecular weight is 417 g/mol. The highest BCUT2D eigenvalue weighted by Crippen LogP contribution is 2.42. The molecular weight excluding hydrogens is 397 g/mol. The first-order chi connectivity index (χ1) is 11.7. The lowest BCUT2D eigenvalue weighted by molar-refractivity contribution is -0.0967. The Morgan fingerprint density at radius 1 is 1.28 bits per heavy atom. The fourth-order valence-corrected chi connectivity index (χ4v) is 4.04. The van der Waals surface area contributed by atoms with Gasteiger partial charge in [0.1, 0.15) is 0 Å². The minimum Gasteiger partial charge on any atom is -0.319 e. The molecule has 25 heavy (non-hydrogen) atoms. The zero-order valence-corrected chi connectivity index (χ0v) is 15.6. The summed E-state index contributed by atoms with van der Waals surface area (Å²) in [6.45, 7) is 4.39. The summed E-state index contributed by atoms with van der Waals surface area (Å²) in [4.78, 5) is 16.3. The number of anilines is 1. The van der Waals surface area contributed by atoms with E-state index in [1.807, 2.05) is 38.1 Å². The van der Waals surface area contributed by atoms with E-state index in [4.69, 9.17) is 0 Å². The van der Waals surface area contributed by atoms with Crippen LogP contribution < -0.4 is 4.90 Å². The number of nitrogens with zero attached hydrogens (tertiary/aromatic N) is 2. The van der Waals surface area contributed by atoms with Crippen molar-refractivity contribution in [3.05, 3.63) is 40.4 Å². The summed E-state index contributed by atoms with van der Waals surface area (Å²) in [6.07, 6.45) is -3.01. The Morgan fingerprint density at radius 2 is 2.00 bits per heavy atom. The van der Waals surface area contributed by atoms with Crippen molar-refractivity contribution in [3.8, 4) is 0 Å². The van der Waals surface area contributed by atoms with Crippen molar-refractivity contribution < 1.29 is 18.0 Å². The number of hydrogen-bond acceptors (Lipinski definition) is 1. The second-order valence-corrected chi connectivity index (χ2v) is 7.90. The van der Waals surface area contributed by atoms with Gasteiger partial charge in [-0.2, -0.15) is 13.2 Å². The Bertz CT molecular complexity index is 702. The minimum absolute atomic E-state index is 0.142. The van der Waals surface area contributed by atoms with Crippen molar-refractivity contribution in [3.63, 3.8) is 0 Å². The fraction of sp³-hybridized carbons (Fsp3) is 0.500. The van der Waals surface area contributed by atoms with Crippen LogP contribution in [0.2, 0.25) is 0 Å². The molecule has 2 unspecified atom stereocenters. The molecule has 1 aliphatic heterocycles. The number of benzene rings is 1. The molecule has 2 atom stereocenters. The van der Waals surface area contributed by atoms with E-state index in [9.17, 15) is 18.0 Å². The maximum Gasteiger partial charge on any atom is 0.412 e. The first-order valence-electron chi connectivity index (χ1n) is 8.30. The summed E-state index contributed by atoms with van der Waals surface area (Å²) in [5.41, 5.74) is 0.191. The lowest BCUT2D eigenvalue weighted by Crippen LogP contribution is -2.42. The highest BCUT2D eigenvalue weighted by molar-refractivity contribution is 9.10. The number of fused-ring (bicyclic) bond motifs is 1. The van der Waals surface area contributed by atoms with Gasteiger partial charge in [-0.15, -0.1) is 0 Å². The quantitative estimate of drug-likeness (QED) is 0.607. The summed E-state index contributed by atoms with van der Waals surface area (Å²) in [5, 5.41) is 0. The van der Waals surface area contributed by atoms with E-state index < -0.39 is 17.8 Å². The highest BCUT2D eigenvalue weighted by Gasteiger charge is 2.50. The minimum atomic E-state index is -4.33. The van der Waals surface area contributed by atoms with E-state index in [2.05, 4.69) is 15.9 Å². The normalized spacial score (nSPS) is 24.0. The monoisotopic (exact) mass is 416 g/mol. The SMILES string of the molecule is CC(C)CN1C(=O)N(c2cccc(Br)c2)C2CC=C(C(F)(F)F)CC21. The van der Waals surface area contributed by atoms with Gasteiger partial charge in [-0.1, -0.05) is 41.9 Å². The third kappa shape index (κ3) is 3.57. The number of amides is 2. The Hall–Kier alpha value is -1.50. The van der Waals surface area contributed by atoms with Crippen molar-refractivity contribution in [1.29, 1.82) is 0 Å². The van der Waals surface area contributed by atoms with Crippen molar-refractivity contribution >= 4 is 27.6 Å². The number of hydrogen-bond donors (Lipinski definition) is 0. The fourth-order valence-electron chi connectivity index (χ4n) is 3.65. The van der Waals surface area contributed by atoms with Crippen molar-refractivity contribution in [1.82, 2.24) is 4.90 Å². The first-order valence-corrected chi connectivity index (χ1v) is 9.09. The van der Waals surface area contributed by atoms with Crippen LogP contribution in [0.4, 0.5) is 23.7 Å². The van der Waals surface area contributed by atoms with Gasteiger partial charge >= 0.3 is 12.2 Å². The van der Waals surface area contributed by atoms with E-state index in [1.165, 1.54) is 6.08 Å². The van der Waals surface area contributed by atoms with Crippen LogP contribution in [0.25, 0.3) is 0 Å². The van der Waals surface area contributed by atoms with Gasteiger partial charge in [-0.25, -0.2) is 4.79 Å². The van der Waals surface area contributed by atoms with Gasteiger partial charge in [0.15, 0.2) is 0 Å². The van der Waals surface area contributed by atoms with Crippen LogP contribution in [-0.2, 0) is 0 Å². The average Bonchev–Trinajstić information content (AvgIpc) is 2.78. The number of urea groups is 1. The van der Waals surface area contributed by atoms with E-state index >= 15 is 0 Å². The maximum absolute atomic E-state index is 13.2. The summed E-state index contributed by atoms with van der Waals surface area (Å²) in [6, 6.07) is 6.40. The molecule has 0 bridgehead atoms. The van der Waals surface area contributed by atoms with Crippen LogP contribution >= 0.6 is 15.9 Å². The summed E-state index contributed by atoms with van der Waals surface area (Å²) in [7, 11) is 0. The van der Waals surface area contributed by atoms with Crippen molar-refractivity contribution in [2.75, 3.05) is 11.4 Å². The van der Waals surface area contributed by atoms with Crippen molar-refractivity contribution in [2.24, 2.45) is 5.92 Å². The molecule has 1 heterocycles. The molecule has 3 nitrogen and oxygen atoms in total. The molecular formula is C18H20BrF3N2O. The van der Waals surface area contributed by atoms with Crippen LogP contribution in [-0.4, -0.2) is 35.7 Å². The lowest BCUT2D eigenvalue weighted by atomic mass is 9.89. The molecule has 2 aliphatic rings. The molecule has 0 aromatic heterocycles. The Balaban J connectivity index is 1.98. The lowest BCUT2D eigenvalue weighted by Gasteiger charge is -2.32. The molecule has 3 rings (SSSR count). The van der Waals surface area contributed by atoms with Crippen LogP contribution in [0.1, 0.15) is 26.7 Å². The molecule has 1 fully saturated rings. The maximum atomic E-state index is 13.2. The predicted molar refractivity (Wildman–Crippen MR) is 94.5 cm³/mol. The van der Waals surface area contributed by atoms with Gasteiger partial charge < -0.3 is 4.90 Å². The second kappa shape index (κ2) is 6.67. The molecule has 1 aliphatic carbocycles. The Morgan fingerprint density at radius 3 is 2.60 bits per heavy atom. The van der Waals surface area contributed by atoms with Crippen molar-refractivity contribution in [2.45, 2.75) is 44.9 Å². The topological polar surface area (TPSA) is 23.6 Å². The molecule has 1 saturated heterocycles. The molecule has 1 aromatic rings. The molecule has 0 radical (unpaired) electrons. The Labute approximate surface area is 153 Å². The van der Waals surface area contributed by atoms with Crippen LogP contribution in [0.5, 0.6) is 0 Å². The van der Waals surface area contributed by atoms with E-state index in [0.29, 0.717) is 12.2 Å². The Kier molecular flexibility index (Phi) is 4.88. The van der Waals surface area contributed by atoms with E-state index in [0.717, 1.165) is 4.47 Å². The van der Waals surface area contributed by atoms with Gasteiger partial charge in [-0.05, 0) is 37.0 Å². The number of alkyl halides is 3. The molecule has 2 amide bonds. The molecule has 136 valence electrons. The van der Waals surface area contributed by atoms with Crippen LogP contribution in [0.3, 0.4) is 0 Å². The molecule has 0 N–H and O–H groups in total. The molecule has 1 aromatic carbocycles. The first kappa shape index (κ1) is 18.3. The zero-order chi connectivity index (χ0) is 18.4. The van der Waals surface area contributed by atoms with E-state index in [-0.39, 0.29) is 30.8 Å². The number of carbonyl (C=O) groups is 1. The van der Waals surface area contributed by atoms with E-state index in [1.54, 1.807) is 9.80 Å². The number of carbonyl (C=O) groups excluding carboxylic acids is 1. The van der Waals surface area contributed by atoms with Gasteiger partial charge in [0.25, 0.3) is 0 Å². The highest BCUT2D eigenvalue weighted by atomic mass is 79.9. The van der Waals surface area contributed by atoms with Crippen LogP contribution in [0, 0.1) is 5.92 Å². The zero-order valence-electron chi connectivity index (χ0n) is 14.1. The summed E-state index contributed by atoms with van der Waals surface area (Å²) >= 11 is 3.40. The third-order valence-electron chi connectivity index (χ3n) is 4.68. The smallest absolute Gasteiger partial charge is 0.319 e. The van der Waals surface area contributed by atoms with Gasteiger partial charge in [0.05, 0.1) is 12.1 Å².